The number of anilines is 2. The van der Waals surface area contributed by atoms with Gasteiger partial charge in [-0.05, 0) is 33.6 Å². The van der Waals surface area contributed by atoms with Crippen LogP contribution in [-0.4, -0.2) is 28.4 Å². The molecule has 0 aliphatic carbocycles. The average Bonchev–Trinajstić information content (AvgIpc) is 2.83. The molecule has 0 spiro atoms. The van der Waals surface area contributed by atoms with Crippen LogP contribution in [0, 0.1) is 0 Å². The maximum absolute atomic E-state index is 6.17. The Balaban J connectivity index is 2.35. The Kier molecular flexibility index (Phi) is 3.03. The van der Waals surface area contributed by atoms with Gasteiger partial charge in [0.05, 0.1) is 17.9 Å². The van der Waals surface area contributed by atoms with Gasteiger partial charge in [-0.25, -0.2) is 4.68 Å². The maximum atomic E-state index is 6.17. The molecular formula is C12H23N5. The lowest BCUT2D eigenvalue weighted by molar-refractivity contribution is 0.319. The van der Waals surface area contributed by atoms with E-state index < -0.39 is 0 Å². The first-order valence-corrected chi connectivity index (χ1v) is 6.28. The van der Waals surface area contributed by atoms with Gasteiger partial charge < -0.3 is 16.4 Å². The fourth-order valence-corrected chi connectivity index (χ4v) is 2.22. The predicted molar refractivity (Wildman–Crippen MR) is 71.1 cm³/mol. The molecule has 4 N–H and O–H groups in total. The molecule has 1 saturated heterocycles. The summed E-state index contributed by atoms with van der Waals surface area (Å²) < 4.78 is 1.97. The average molecular weight is 237 g/mol. The molecular weight excluding hydrogens is 214 g/mol. The minimum absolute atomic E-state index is 0.121. The largest absolute Gasteiger partial charge is 0.394 e. The predicted octanol–water partition coefficient (Wildman–Crippen LogP) is 1.36. The summed E-state index contributed by atoms with van der Waals surface area (Å²) in [6.45, 7) is 8.25. The summed E-state index contributed by atoms with van der Waals surface area (Å²) in [6, 6.07) is 0.121. The number of rotatable bonds is 3. The highest BCUT2D eigenvalue weighted by atomic mass is 15.4. The Morgan fingerprint density at radius 2 is 1.94 bits per heavy atom. The second-order valence-corrected chi connectivity index (χ2v) is 5.56. The molecule has 1 aliphatic rings. The van der Waals surface area contributed by atoms with Crippen LogP contribution in [0.3, 0.4) is 0 Å². The number of nitrogen functional groups attached to an aromatic ring is 1. The second kappa shape index (κ2) is 4.22. The molecule has 1 unspecified atom stereocenters. The van der Waals surface area contributed by atoms with E-state index in [9.17, 15) is 0 Å². The molecule has 0 aromatic carbocycles. The highest BCUT2D eigenvalue weighted by Crippen LogP contribution is 2.31. The topological polar surface area (TPSA) is 73.1 Å². The first-order chi connectivity index (χ1) is 7.91. The molecule has 0 bridgehead atoms. The Hall–Kier alpha value is -1.23. The standard InChI is InChI=1S/C12H23N5/c1-9(12(2,3)14)17-11(10(13)8-15-17)16-6-4-5-7-16/h8-9H,4-7,13-14H2,1-3H3. The Bertz CT molecular complexity index is 384. The van der Waals surface area contributed by atoms with Gasteiger partial charge in [-0.1, -0.05) is 0 Å². The molecule has 17 heavy (non-hydrogen) atoms. The molecule has 1 aromatic heterocycles. The molecule has 0 saturated carbocycles. The molecule has 5 heteroatoms. The molecule has 0 radical (unpaired) electrons. The third-order valence-corrected chi connectivity index (χ3v) is 3.65. The van der Waals surface area contributed by atoms with E-state index in [0.717, 1.165) is 24.6 Å². The quantitative estimate of drug-likeness (QED) is 0.832. The molecule has 1 aliphatic heterocycles. The lowest BCUT2D eigenvalue weighted by Gasteiger charge is -2.31. The zero-order valence-electron chi connectivity index (χ0n) is 11.0. The lowest BCUT2D eigenvalue weighted by atomic mass is 9.98. The minimum Gasteiger partial charge on any atom is -0.394 e. The van der Waals surface area contributed by atoms with Crippen LogP contribution in [0.25, 0.3) is 0 Å². The van der Waals surface area contributed by atoms with Crippen molar-refractivity contribution in [3.8, 4) is 0 Å². The van der Waals surface area contributed by atoms with Crippen LogP contribution in [0.15, 0.2) is 6.20 Å². The molecule has 1 aromatic rings. The van der Waals surface area contributed by atoms with Gasteiger partial charge in [0.25, 0.3) is 0 Å². The van der Waals surface area contributed by atoms with Crippen molar-refractivity contribution in [2.75, 3.05) is 23.7 Å². The van der Waals surface area contributed by atoms with Crippen molar-refractivity contribution in [1.29, 1.82) is 0 Å². The summed E-state index contributed by atoms with van der Waals surface area (Å²) in [6.07, 6.45) is 4.19. The zero-order valence-corrected chi connectivity index (χ0v) is 11.0. The summed E-state index contributed by atoms with van der Waals surface area (Å²) >= 11 is 0. The van der Waals surface area contributed by atoms with Gasteiger partial charge in [-0.3, -0.25) is 0 Å². The van der Waals surface area contributed by atoms with Gasteiger partial charge in [0.2, 0.25) is 0 Å². The molecule has 2 heterocycles. The first kappa shape index (κ1) is 12.2. The van der Waals surface area contributed by atoms with Gasteiger partial charge in [0, 0.05) is 18.6 Å². The van der Waals surface area contributed by atoms with Gasteiger partial charge in [0.1, 0.15) is 0 Å². The normalized spacial score (nSPS) is 18.7. The van der Waals surface area contributed by atoms with E-state index in [0.29, 0.717) is 0 Å². The number of hydrogen-bond acceptors (Lipinski definition) is 4. The lowest BCUT2D eigenvalue weighted by Crippen LogP contribution is -2.42. The van der Waals surface area contributed by atoms with E-state index in [1.165, 1.54) is 12.8 Å². The molecule has 96 valence electrons. The third-order valence-electron chi connectivity index (χ3n) is 3.65. The van der Waals surface area contributed by atoms with Crippen LogP contribution in [0.4, 0.5) is 11.5 Å². The monoisotopic (exact) mass is 237 g/mol. The second-order valence-electron chi connectivity index (χ2n) is 5.56. The van der Waals surface area contributed by atoms with Crippen LogP contribution in [0.5, 0.6) is 0 Å². The summed E-state index contributed by atoms with van der Waals surface area (Å²) in [5.41, 5.74) is 12.6. The highest BCUT2D eigenvalue weighted by molar-refractivity contribution is 5.63. The summed E-state index contributed by atoms with van der Waals surface area (Å²) in [5.74, 6) is 1.04. The molecule has 0 amide bonds. The van der Waals surface area contributed by atoms with Crippen molar-refractivity contribution in [2.45, 2.75) is 45.2 Å². The van der Waals surface area contributed by atoms with Crippen LogP contribution in [0.2, 0.25) is 0 Å². The van der Waals surface area contributed by atoms with E-state index in [4.69, 9.17) is 11.5 Å². The van der Waals surface area contributed by atoms with Crippen LogP contribution < -0.4 is 16.4 Å². The smallest absolute Gasteiger partial charge is 0.150 e. The first-order valence-electron chi connectivity index (χ1n) is 6.28. The zero-order chi connectivity index (χ0) is 12.6. The van der Waals surface area contributed by atoms with E-state index >= 15 is 0 Å². The number of aromatic nitrogens is 2. The van der Waals surface area contributed by atoms with E-state index in [1.807, 2.05) is 18.5 Å². The fourth-order valence-electron chi connectivity index (χ4n) is 2.22. The van der Waals surface area contributed by atoms with Crippen LogP contribution in [0.1, 0.15) is 39.7 Å². The molecule has 5 nitrogen and oxygen atoms in total. The summed E-state index contributed by atoms with van der Waals surface area (Å²) in [7, 11) is 0. The van der Waals surface area contributed by atoms with E-state index in [1.54, 1.807) is 6.20 Å². The van der Waals surface area contributed by atoms with Crippen molar-refractivity contribution in [3.63, 3.8) is 0 Å². The van der Waals surface area contributed by atoms with Gasteiger partial charge in [-0.15, -0.1) is 0 Å². The minimum atomic E-state index is -0.313. The van der Waals surface area contributed by atoms with Crippen molar-refractivity contribution in [1.82, 2.24) is 9.78 Å². The highest BCUT2D eigenvalue weighted by Gasteiger charge is 2.28. The molecule has 1 atom stereocenters. The fraction of sp³-hybridized carbons (Fsp3) is 0.750. The number of nitrogens with zero attached hydrogens (tertiary/aromatic N) is 3. The van der Waals surface area contributed by atoms with Crippen LogP contribution in [-0.2, 0) is 0 Å². The van der Waals surface area contributed by atoms with Crippen molar-refractivity contribution < 1.29 is 0 Å². The maximum Gasteiger partial charge on any atom is 0.150 e. The van der Waals surface area contributed by atoms with Crippen molar-refractivity contribution >= 4 is 11.5 Å². The van der Waals surface area contributed by atoms with Gasteiger partial charge >= 0.3 is 0 Å². The summed E-state index contributed by atoms with van der Waals surface area (Å²) in [4.78, 5) is 2.31. The Morgan fingerprint density at radius 1 is 1.35 bits per heavy atom. The molecule has 2 rings (SSSR count). The third kappa shape index (κ3) is 2.24. The Labute approximate surface area is 103 Å². The van der Waals surface area contributed by atoms with E-state index in [-0.39, 0.29) is 11.6 Å². The summed E-state index contributed by atoms with van der Waals surface area (Å²) in [5, 5.41) is 4.40. The number of hydrogen-bond donors (Lipinski definition) is 2. The SMILES string of the molecule is CC(n1ncc(N)c1N1CCCC1)C(C)(C)N. The van der Waals surface area contributed by atoms with Crippen molar-refractivity contribution in [3.05, 3.63) is 6.20 Å². The number of nitrogens with two attached hydrogens (primary N) is 2. The van der Waals surface area contributed by atoms with Crippen LogP contribution >= 0.6 is 0 Å². The van der Waals surface area contributed by atoms with Gasteiger partial charge in [0.15, 0.2) is 5.82 Å². The Morgan fingerprint density at radius 3 is 2.47 bits per heavy atom. The van der Waals surface area contributed by atoms with Gasteiger partial charge in [-0.2, -0.15) is 5.10 Å². The van der Waals surface area contributed by atoms with Crippen molar-refractivity contribution in [2.24, 2.45) is 5.73 Å². The molecule has 1 fully saturated rings. The van der Waals surface area contributed by atoms with E-state index in [2.05, 4.69) is 16.9 Å².